The molecule has 0 fully saturated rings. The minimum absolute atomic E-state index is 0.172. The molecular weight excluding hydrogens is 131 g/mol. The fourth-order valence-electron chi connectivity index (χ4n) is 0.547. The van der Waals surface area contributed by atoms with Gasteiger partial charge in [0.15, 0.2) is 0 Å². The second-order valence-corrected chi connectivity index (χ2v) is 1.97. The molecule has 0 aliphatic heterocycles. The van der Waals surface area contributed by atoms with Crippen molar-refractivity contribution in [1.29, 1.82) is 0 Å². The van der Waals surface area contributed by atoms with Crippen LogP contribution in [0.15, 0.2) is 12.1 Å². The third-order valence-electron chi connectivity index (χ3n) is 1.08. The van der Waals surface area contributed by atoms with E-state index in [1.807, 2.05) is 0 Å². The SMILES string of the molecule is Cc1ccc(B(O)O)nn1. The van der Waals surface area contributed by atoms with Gasteiger partial charge in [0.2, 0.25) is 0 Å². The van der Waals surface area contributed by atoms with Crippen molar-refractivity contribution in [1.82, 2.24) is 10.2 Å². The molecule has 0 aliphatic carbocycles. The van der Waals surface area contributed by atoms with Crippen LogP contribution in [0.4, 0.5) is 0 Å². The van der Waals surface area contributed by atoms with Gasteiger partial charge in [-0.15, -0.1) is 0 Å². The van der Waals surface area contributed by atoms with Gasteiger partial charge in [-0.05, 0) is 19.1 Å². The maximum Gasteiger partial charge on any atom is 0.510 e. The highest BCUT2D eigenvalue weighted by molar-refractivity contribution is 6.57. The standard InChI is InChI=1S/C5H7BN2O2/c1-4-2-3-5(6(9)10)8-7-4/h2-3,9-10H,1H3. The molecule has 10 heavy (non-hydrogen) atoms. The minimum atomic E-state index is -1.52. The van der Waals surface area contributed by atoms with Crippen molar-refractivity contribution in [2.24, 2.45) is 0 Å². The fraction of sp³-hybridized carbons (Fsp3) is 0.200. The monoisotopic (exact) mass is 138 g/mol. The van der Waals surface area contributed by atoms with E-state index in [-0.39, 0.29) is 5.59 Å². The molecule has 0 atom stereocenters. The molecule has 1 rings (SSSR count). The number of hydrogen-bond acceptors (Lipinski definition) is 4. The Balaban J connectivity index is 2.89. The summed E-state index contributed by atoms with van der Waals surface area (Å²) >= 11 is 0. The van der Waals surface area contributed by atoms with Crippen LogP contribution in [0.3, 0.4) is 0 Å². The van der Waals surface area contributed by atoms with Crippen LogP contribution in [-0.2, 0) is 0 Å². The average Bonchev–Trinajstić information content (AvgIpc) is 1.88. The zero-order valence-electron chi connectivity index (χ0n) is 5.52. The highest BCUT2D eigenvalue weighted by atomic mass is 16.4. The first-order valence-electron chi connectivity index (χ1n) is 2.86. The molecule has 0 spiro atoms. The Labute approximate surface area is 58.7 Å². The Morgan fingerprint density at radius 3 is 2.40 bits per heavy atom. The van der Waals surface area contributed by atoms with E-state index in [0.717, 1.165) is 5.69 Å². The first kappa shape index (κ1) is 7.18. The van der Waals surface area contributed by atoms with Crippen LogP contribution in [0.1, 0.15) is 5.69 Å². The lowest BCUT2D eigenvalue weighted by atomic mass is 9.86. The van der Waals surface area contributed by atoms with Gasteiger partial charge in [0.25, 0.3) is 0 Å². The lowest BCUT2D eigenvalue weighted by Gasteiger charge is -1.95. The van der Waals surface area contributed by atoms with Crippen molar-refractivity contribution in [3.05, 3.63) is 17.8 Å². The summed E-state index contributed by atoms with van der Waals surface area (Å²) < 4.78 is 0. The predicted molar refractivity (Wildman–Crippen MR) is 36.6 cm³/mol. The molecule has 0 unspecified atom stereocenters. The molecule has 52 valence electrons. The van der Waals surface area contributed by atoms with Crippen molar-refractivity contribution in [2.75, 3.05) is 0 Å². The van der Waals surface area contributed by atoms with Gasteiger partial charge in [-0.2, -0.15) is 10.2 Å². The molecule has 1 heterocycles. The summed E-state index contributed by atoms with van der Waals surface area (Å²) in [6.07, 6.45) is 0. The number of nitrogens with zero attached hydrogens (tertiary/aromatic N) is 2. The van der Waals surface area contributed by atoms with Gasteiger partial charge in [0, 0.05) is 0 Å². The smallest absolute Gasteiger partial charge is 0.422 e. The first-order valence-corrected chi connectivity index (χ1v) is 2.86. The normalized spacial score (nSPS) is 9.50. The fourth-order valence-corrected chi connectivity index (χ4v) is 0.547. The molecule has 0 amide bonds. The minimum Gasteiger partial charge on any atom is -0.422 e. The maximum absolute atomic E-state index is 8.57. The highest BCUT2D eigenvalue weighted by Gasteiger charge is 2.11. The Bertz CT molecular complexity index is 211. The Morgan fingerprint density at radius 2 is 2.00 bits per heavy atom. The number of aromatic nitrogens is 2. The van der Waals surface area contributed by atoms with E-state index in [2.05, 4.69) is 10.2 Å². The summed E-state index contributed by atoms with van der Waals surface area (Å²) in [4.78, 5) is 0. The maximum atomic E-state index is 8.57. The third-order valence-corrected chi connectivity index (χ3v) is 1.08. The van der Waals surface area contributed by atoms with Crippen LogP contribution in [-0.4, -0.2) is 27.4 Å². The lowest BCUT2D eigenvalue weighted by Crippen LogP contribution is -2.33. The molecule has 4 nitrogen and oxygen atoms in total. The second-order valence-electron chi connectivity index (χ2n) is 1.97. The van der Waals surface area contributed by atoms with E-state index in [1.54, 1.807) is 13.0 Å². The van der Waals surface area contributed by atoms with E-state index in [4.69, 9.17) is 10.0 Å². The van der Waals surface area contributed by atoms with E-state index in [9.17, 15) is 0 Å². The van der Waals surface area contributed by atoms with Gasteiger partial charge >= 0.3 is 7.12 Å². The van der Waals surface area contributed by atoms with Crippen molar-refractivity contribution in [3.8, 4) is 0 Å². The van der Waals surface area contributed by atoms with Gasteiger partial charge in [0.1, 0.15) is 0 Å². The summed E-state index contributed by atoms with van der Waals surface area (Å²) in [5.41, 5.74) is 0.926. The van der Waals surface area contributed by atoms with Crippen LogP contribution >= 0.6 is 0 Å². The molecule has 0 radical (unpaired) electrons. The molecule has 1 aromatic heterocycles. The molecule has 0 saturated heterocycles. The quantitative estimate of drug-likeness (QED) is 0.461. The largest absolute Gasteiger partial charge is 0.510 e. The molecular formula is C5H7BN2O2. The lowest BCUT2D eigenvalue weighted by molar-refractivity contribution is 0.423. The predicted octanol–water partition coefficient (Wildman–Crippen LogP) is -1.54. The number of rotatable bonds is 1. The summed E-state index contributed by atoms with van der Waals surface area (Å²) in [5, 5.41) is 24.3. The summed E-state index contributed by atoms with van der Waals surface area (Å²) in [5.74, 6) is 0. The van der Waals surface area contributed by atoms with Crippen LogP contribution in [0.5, 0.6) is 0 Å². The molecule has 0 aromatic carbocycles. The molecule has 1 aromatic rings. The first-order chi connectivity index (χ1) is 4.70. The molecule has 0 aliphatic rings. The van der Waals surface area contributed by atoms with Gasteiger partial charge < -0.3 is 10.0 Å². The van der Waals surface area contributed by atoms with Crippen molar-refractivity contribution < 1.29 is 10.0 Å². The zero-order chi connectivity index (χ0) is 7.56. The van der Waals surface area contributed by atoms with Gasteiger partial charge in [0.05, 0.1) is 11.3 Å². The van der Waals surface area contributed by atoms with E-state index < -0.39 is 7.12 Å². The highest BCUT2D eigenvalue weighted by Crippen LogP contribution is 1.83. The number of hydrogen-bond donors (Lipinski definition) is 2. The Hall–Kier alpha value is -0.935. The van der Waals surface area contributed by atoms with Crippen molar-refractivity contribution in [3.63, 3.8) is 0 Å². The summed E-state index contributed by atoms with van der Waals surface area (Å²) in [7, 11) is -1.52. The summed E-state index contributed by atoms with van der Waals surface area (Å²) in [6, 6.07) is 3.19. The average molecular weight is 138 g/mol. The van der Waals surface area contributed by atoms with Crippen LogP contribution < -0.4 is 5.59 Å². The Morgan fingerprint density at radius 1 is 1.30 bits per heavy atom. The van der Waals surface area contributed by atoms with Gasteiger partial charge in [-0.3, -0.25) is 0 Å². The van der Waals surface area contributed by atoms with Crippen LogP contribution in [0, 0.1) is 6.92 Å². The molecule has 0 saturated carbocycles. The molecule has 2 N–H and O–H groups in total. The zero-order valence-corrected chi connectivity index (χ0v) is 5.52. The Kier molecular flexibility index (Phi) is 1.98. The molecule has 0 bridgehead atoms. The van der Waals surface area contributed by atoms with Crippen LogP contribution in [0.25, 0.3) is 0 Å². The van der Waals surface area contributed by atoms with E-state index in [0.29, 0.717) is 0 Å². The van der Waals surface area contributed by atoms with Gasteiger partial charge in [-0.25, -0.2) is 0 Å². The summed E-state index contributed by atoms with van der Waals surface area (Å²) in [6.45, 7) is 1.78. The second kappa shape index (κ2) is 2.77. The third kappa shape index (κ3) is 1.52. The van der Waals surface area contributed by atoms with Crippen molar-refractivity contribution >= 4 is 12.7 Å². The van der Waals surface area contributed by atoms with Crippen molar-refractivity contribution in [2.45, 2.75) is 6.92 Å². The molecule has 5 heteroatoms. The van der Waals surface area contributed by atoms with Crippen LogP contribution in [0.2, 0.25) is 0 Å². The van der Waals surface area contributed by atoms with E-state index in [1.165, 1.54) is 6.07 Å². The topological polar surface area (TPSA) is 66.2 Å². The van der Waals surface area contributed by atoms with Gasteiger partial charge in [-0.1, -0.05) is 0 Å². The van der Waals surface area contributed by atoms with E-state index >= 15 is 0 Å². The number of aryl methyl sites for hydroxylation is 1.